The zero-order valence-corrected chi connectivity index (χ0v) is 17.6. The number of hydrogen-bond donors (Lipinski definition) is 1. The van der Waals surface area contributed by atoms with Crippen LogP contribution < -0.4 is 9.47 Å². The Morgan fingerprint density at radius 2 is 1.69 bits per heavy atom. The van der Waals surface area contributed by atoms with Gasteiger partial charge in [-0.05, 0) is 66.8 Å². The molecule has 0 saturated carbocycles. The van der Waals surface area contributed by atoms with Gasteiger partial charge in [-0.15, -0.1) is 6.42 Å². The first-order valence-corrected chi connectivity index (χ1v) is 10.3. The molecular weight excluding hydrogens is 360 g/mol. The van der Waals surface area contributed by atoms with Crippen molar-refractivity contribution < 1.29 is 14.6 Å². The fraction of sp³-hybridized carbons (Fsp3) is 0.385. The van der Waals surface area contributed by atoms with Crippen LogP contribution in [0.15, 0.2) is 42.5 Å². The smallest absolute Gasteiger partial charge is 0.121 e. The van der Waals surface area contributed by atoms with E-state index in [0.717, 1.165) is 59.6 Å². The van der Waals surface area contributed by atoms with E-state index < -0.39 is 0 Å². The molecule has 0 atom stereocenters. The normalized spacial score (nSPS) is 11.2. The van der Waals surface area contributed by atoms with Gasteiger partial charge in [-0.25, -0.2) is 0 Å². The van der Waals surface area contributed by atoms with E-state index >= 15 is 0 Å². The molecule has 0 unspecified atom stereocenters. The number of unbranched alkanes of at least 4 members (excludes halogenated alkanes) is 5. The first kappa shape index (κ1) is 22.6. The molecule has 0 aliphatic rings. The number of allylic oxidation sites excluding steroid dienone is 1. The van der Waals surface area contributed by atoms with Crippen LogP contribution in [0.5, 0.6) is 11.5 Å². The number of aliphatic hydroxyl groups is 1. The highest BCUT2D eigenvalue weighted by molar-refractivity contribution is 5.90. The van der Waals surface area contributed by atoms with Crippen molar-refractivity contribution in [3.63, 3.8) is 0 Å². The molecule has 2 aromatic rings. The number of hydrogen-bond acceptors (Lipinski definition) is 3. The van der Waals surface area contributed by atoms with Gasteiger partial charge in [0.1, 0.15) is 11.5 Å². The third kappa shape index (κ3) is 7.68. The maximum atomic E-state index is 8.77. The number of benzene rings is 2. The standard InChI is InChI=1S/C26H32O3/c1-4-23(24-13-16-26(28-3)21(2)19-24)20-22-11-14-25(15-12-22)29-18-10-8-6-5-7-9-17-27/h1,11-16,19-20,27H,5-10,17-18H2,2-3H3. The molecule has 0 fully saturated rings. The van der Waals surface area contributed by atoms with Crippen LogP contribution in [0, 0.1) is 19.3 Å². The molecule has 2 aromatic carbocycles. The summed E-state index contributed by atoms with van der Waals surface area (Å²) in [6.07, 6.45) is 14.4. The molecule has 3 heteroatoms. The van der Waals surface area contributed by atoms with Crippen molar-refractivity contribution in [3.8, 4) is 23.8 Å². The van der Waals surface area contributed by atoms with Crippen molar-refractivity contribution >= 4 is 11.6 Å². The molecule has 0 bridgehead atoms. The maximum Gasteiger partial charge on any atom is 0.121 e. The molecule has 0 saturated heterocycles. The van der Waals surface area contributed by atoms with Gasteiger partial charge in [0.05, 0.1) is 13.7 Å². The summed E-state index contributed by atoms with van der Waals surface area (Å²) in [6, 6.07) is 14.0. The van der Waals surface area contributed by atoms with Gasteiger partial charge >= 0.3 is 0 Å². The molecule has 0 aliphatic carbocycles. The molecule has 154 valence electrons. The van der Waals surface area contributed by atoms with E-state index in [-0.39, 0.29) is 0 Å². The zero-order chi connectivity index (χ0) is 20.9. The predicted octanol–water partition coefficient (Wildman–Crippen LogP) is 5.89. The second-order valence-electron chi connectivity index (χ2n) is 7.15. The molecule has 0 amide bonds. The Kier molecular flexibility index (Phi) is 9.89. The molecular formula is C26H32O3. The van der Waals surface area contributed by atoms with Gasteiger partial charge in [-0.1, -0.05) is 49.8 Å². The van der Waals surface area contributed by atoms with Gasteiger partial charge in [0.2, 0.25) is 0 Å². The van der Waals surface area contributed by atoms with Gasteiger partial charge in [0.15, 0.2) is 0 Å². The van der Waals surface area contributed by atoms with E-state index in [0.29, 0.717) is 6.61 Å². The Morgan fingerprint density at radius 3 is 2.31 bits per heavy atom. The van der Waals surface area contributed by atoms with E-state index in [1.807, 2.05) is 55.5 Å². The quantitative estimate of drug-likeness (QED) is 0.278. The van der Waals surface area contributed by atoms with Gasteiger partial charge in [0, 0.05) is 12.2 Å². The minimum Gasteiger partial charge on any atom is -0.496 e. The number of aryl methyl sites for hydroxylation is 1. The van der Waals surface area contributed by atoms with Crippen molar-refractivity contribution in [3.05, 3.63) is 59.2 Å². The summed E-state index contributed by atoms with van der Waals surface area (Å²) < 4.78 is 11.2. The lowest BCUT2D eigenvalue weighted by atomic mass is 10.0. The Morgan fingerprint density at radius 1 is 1.00 bits per heavy atom. The maximum absolute atomic E-state index is 8.77. The first-order valence-electron chi connectivity index (χ1n) is 10.3. The Bertz CT molecular complexity index is 813. The topological polar surface area (TPSA) is 38.7 Å². The van der Waals surface area contributed by atoms with E-state index in [1.54, 1.807) is 7.11 Å². The fourth-order valence-corrected chi connectivity index (χ4v) is 3.19. The van der Waals surface area contributed by atoms with Crippen molar-refractivity contribution in [1.29, 1.82) is 0 Å². The molecule has 0 spiro atoms. The summed E-state index contributed by atoms with van der Waals surface area (Å²) in [5.41, 5.74) is 3.95. The van der Waals surface area contributed by atoms with Crippen LogP contribution in [0.3, 0.4) is 0 Å². The predicted molar refractivity (Wildman–Crippen MR) is 121 cm³/mol. The van der Waals surface area contributed by atoms with E-state index in [9.17, 15) is 0 Å². The summed E-state index contributed by atoms with van der Waals surface area (Å²) in [6.45, 7) is 3.05. The van der Waals surface area contributed by atoms with Crippen LogP contribution in [0.2, 0.25) is 0 Å². The number of terminal acetylenes is 1. The number of methoxy groups -OCH3 is 1. The second kappa shape index (κ2) is 12.7. The van der Waals surface area contributed by atoms with Crippen LogP contribution in [0.1, 0.15) is 55.2 Å². The molecule has 2 rings (SSSR count). The third-order valence-corrected chi connectivity index (χ3v) is 4.87. The summed E-state index contributed by atoms with van der Waals surface area (Å²) in [5, 5.41) is 8.77. The van der Waals surface area contributed by atoms with Crippen molar-refractivity contribution in [1.82, 2.24) is 0 Å². The fourth-order valence-electron chi connectivity index (χ4n) is 3.19. The number of aliphatic hydroxyl groups excluding tert-OH is 1. The van der Waals surface area contributed by atoms with Gasteiger partial charge in [-0.3, -0.25) is 0 Å². The highest BCUT2D eigenvalue weighted by atomic mass is 16.5. The lowest BCUT2D eigenvalue weighted by molar-refractivity contribution is 0.280. The SMILES string of the molecule is C#CC(=Cc1ccc(OCCCCCCCCO)cc1)c1ccc(OC)c(C)c1. The minimum absolute atomic E-state index is 0.302. The van der Waals surface area contributed by atoms with E-state index in [1.165, 1.54) is 19.3 Å². The molecule has 29 heavy (non-hydrogen) atoms. The van der Waals surface area contributed by atoms with Crippen LogP contribution >= 0.6 is 0 Å². The van der Waals surface area contributed by atoms with Gasteiger partial charge < -0.3 is 14.6 Å². The van der Waals surface area contributed by atoms with Crippen LogP contribution in [-0.2, 0) is 0 Å². The molecule has 1 N–H and O–H groups in total. The van der Waals surface area contributed by atoms with Crippen molar-refractivity contribution in [2.45, 2.75) is 45.4 Å². The summed E-state index contributed by atoms with van der Waals surface area (Å²) in [7, 11) is 1.67. The van der Waals surface area contributed by atoms with Crippen LogP contribution in [0.4, 0.5) is 0 Å². The van der Waals surface area contributed by atoms with E-state index in [2.05, 4.69) is 5.92 Å². The third-order valence-electron chi connectivity index (χ3n) is 4.87. The number of ether oxygens (including phenoxy) is 2. The van der Waals surface area contributed by atoms with Crippen molar-refractivity contribution in [2.24, 2.45) is 0 Å². The monoisotopic (exact) mass is 392 g/mol. The first-order chi connectivity index (χ1) is 14.2. The van der Waals surface area contributed by atoms with E-state index in [4.69, 9.17) is 21.0 Å². The highest BCUT2D eigenvalue weighted by Gasteiger charge is 2.04. The van der Waals surface area contributed by atoms with Gasteiger partial charge in [-0.2, -0.15) is 0 Å². The van der Waals surface area contributed by atoms with Crippen LogP contribution in [0.25, 0.3) is 11.6 Å². The molecule has 0 aromatic heterocycles. The second-order valence-corrected chi connectivity index (χ2v) is 7.15. The lowest BCUT2D eigenvalue weighted by Gasteiger charge is -2.08. The Hall–Kier alpha value is -2.70. The Balaban J connectivity index is 1.87. The van der Waals surface area contributed by atoms with Gasteiger partial charge in [0.25, 0.3) is 0 Å². The average molecular weight is 393 g/mol. The summed E-state index contributed by atoms with van der Waals surface area (Å²) in [5.74, 6) is 4.53. The lowest BCUT2D eigenvalue weighted by Crippen LogP contribution is -1.97. The highest BCUT2D eigenvalue weighted by Crippen LogP contribution is 2.25. The summed E-state index contributed by atoms with van der Waals surface area (Å²) >= 11 is 0. The van der Waals surface area contributed by atoms with Crippen molar-refractivity contribution in [2.75, 3.05) is 20.3 Å². The zero-order valence-electron chi connectivity index (χ0n) is 17.6. The molecule has 0 aliphatic heterocycles. The minimum atomic E-state index is 0.302. The number of rotatable bonds is 12. The van der Waals surface area contributed by atoms with Crippen LogP contribution in [-0.4, -0.2) is 25.4 Å². The molecule has 3 nitrogen and oxygen atoms in total. The molecule has 0 radical (unpaired) electrons. The average Bonchev–Trinajstić information content (AvgIpc) is 2.74. The molecule has 0 heterocycles. The summed E-state index contributed by atoms with van der Waals surface area (Å²) in [4.78, 5) is 0. The Labute approximate surface area is 175 Å². The largest absolute Gasteiger partial charge is 0.496 e.